The lowest BCUT2D eigenvalue weighted by molar-refractivity contribution is -0.113. The van der Waals surface area contributed by atoms with Crippen LogP contribution in [0, 0.1) is 0 Å². The van der Waals surface area contributed by atoms with Crippen LogP contribution < -0.4 is 10.1 Å². The van der Waals surface area contributed by atoms with Crippen molar-refractivity contribution in [3.63, 3.8) is 0 Å². The Balaban J connectivity index is 1.62. The van der Waals surface area contributed by atoms with Crippen LogP contribution >= 0.6 is 39.3 Å². The van der Waals surface area contributed by atoms with Gasteiger partial charge in [0.1, 0.15) is 11.6 Å². The predicted octanol–water partition coefficient (Wildman–Crippen LogP) is 5.04. The molecule has 1 N–H and O–H groups in total. The lowest BCUT2D eigenvalue weighted by Crippen LogP contribution is -2.15. The van der Waals surface area contributed by atoms with Gasteiger partial charge in [-0.2, -0.15) is 0 Å². The summed E-state index contributed by atoms with van der Waals surface area (Å²) in [5, 5.41) is 12.6. The molecule has 0 saturated carbocycles. The summed E-state index contributed by atoms with van der Waals surface area (Å²) in [7, 11) is 1.65. The molecule has 0 spiro atoms. The molecule has 6 nitrogen and oxygen atoms in total. The molecule has 0 saturated heterocycles. The monoisotopic (exact) mass is 494 g/mol. The number of methoxy groups -OCH3 is 1. The second kappa shape index (κ2) is 10.1. The quantitative estimate of drug-likeness (QED) is 0.443. The number of carbonyl (C=O) groups is 1. The van der Waals surface area contributed by atoms with Gasteiger partial charge in [0, 0.05) is 17.4 Å². The fourth-order valence-corrected chi connectivity index (χ4v) is 4.25. The molecule has 1 aromatic heterocycles. The van der Waals surface area contributed by atoms with Crippen LogP contribution in [0.1, 0.15) is 18.3 Å². The van der Waals surface area contributed by atoms with Gasteiger partial charge < -0.3 is 14.6 Å². The third kappa shape index (κ3) is 5.74. The molecule has 2 aromatic carbocycles. The topological polar surface area (TPSA) is 69.0 Å². The van der Waals surface area contributed by atoms with Crippen molar-refractivity contribution in [1.82, 2.24) is 14.8 Å². The molecule has 3 rings (SSSR count). The summed E-state index contributed by atoms with van der Waals surface area (Å²) >= 11 is 10.8. The number of benzene rings is 2. The van der Waals surface area contributed by atoms with E-state index in [-0.39, 0.29) is 11.7 Å². The van der Waals surface area contributed by atoms with Gasteiger partial charge in [0.05, 0.1) is 23.6 Å². The summed E-state index contributed by atoms with van der Waals surface area (Å²) in [5.41, 5.74) is 1.70. The van der Waals surface area contributed by atoms with Crippen molar-refractivity contribution in [1.29, 1.82) is 0 Å². The van der Waals surface area contributed by atoms with Gasteiger partial charge in [-0.05, 0) is 42.8 Å². The molecule has 1 heterocycles. The first kappa shape index (κ1) is 21.7. The predicted molar refractivity (Wildman–Crippen MR) is 120 cm³/mol. The first-order chi connectivity index (χ1) is 14.0. The highest BCUT2D eigenvalue weighted by molar-refractivity contribution is 9.10. The Morgan fingerprint density at radius 3 is 2.66 bits per heavy atom. The SMILES string of the molecule is CCn1c(Cc2ccc(OC)cc2)nnc1SCC(=O)Nc1ccc(Br)cc1Cl. The molecule has 152 valence electrons. The van der Waals surface area contributed by atoms with Crippen molar-refractivity contribution in [2.24, 2.45) is 0 Å². The van der Waals surface area contributed by atoms with E-state index in [4.69, 9.17) is 16.3 Å². The van der Waals surface area contributed by atoms with E-state index in [1.54, 1.807) is 19.2 Å². The molecule has 0 aliphatic carbocycles. The van der Waals surface area contributed by atoms with E-state index in [0.29, 0.717) is 22.3 Å². The van der Waals surface area contributed by atoms with Gasteiger partial charge in [0.25, 0.3) is 0 Å². The van der Waals surface area contributed by atoms with Crippen molar-refractivity contribution < 1.29 is 9.53 Å². The summed E-state index contributed by atoms with van der Waals surface area (Å²) in [6.45, 7) is 2.76. The molecule has 29 heavy (non-hydrogen) atoms. The van der Waals surface area contributed by atoms with Gasteiger partial charge in [-0.25, -0.2) is 0 Å². The van der Waals surface area contributed by atoms with E-state index >= 15 is 0 Å². The van der Waals surface area contributed by atoms with Crippen molar-refractivity contribution >= 4 is 50.9 Å². The minimum Gasteiger partial charge on any atom is -0.497 e. The van der Waals surface area contributed by atoms with Crippen LogP contribution in [-0.4, -0.2) is 33.5 Å². The molecular weight excluding hydrogens is 476 g/mol. The zero-order valence-corrected chi connectivity index (χ0v) is 19.1. The lowest BCUT2D eigenvalue weighted by Gasteiger charge is -2.09. The Bertz CT molecular complexity index is 995. The third-order valence-corrected chi connectivity index (χ3v) is 5.94. The van der Waals surface area contributed by atoms with E-state index in [1.165, 1.54) is 11.8 Å². The highest BCUT2D eigenvalue weighted by Gasteiger charge is 2.14. The van der Waals surface area contributed by atoms with Crippen LogP contribution in [0.3, 0.4) is 0 Å². The summed E-state index contributed by atoms with van der Waals surface area (Å²) < 4.78 is 8.07. The number of halogens is 2. The van der Waals surface area contributed by atoms with Crippen molar-refractivity contribution in [3.05, 3.63) is 63.3 Å². The standard InChI is InChI=1S/C20H20BrClN4O2S/c1-3-26-18(10-13-4-7-15(28-2)8-5-13)24-25-20(26)29-12-19(27)23-17-9-6-14(21)11-16(17)22/h4-9,11H,3,10,12H2,1-2H3,(H,23,27). The Labute approximate surface area is 187 Å². The average Bonchev–Trinajstić information content (AvgIpc) is 3.10. The lowest BCUT2D eigenvalue weighted by atomic mass is 10.1. The number of hydrogen-bond donors (Lipinski definition) is 1. The molecule has 0 unspecified atom stereocenters. The van der Waals surface area contributed by atoms with Crippen molar-refractivity contribution in [3.8, 4) is 5.75 Å². The number of thioether (sulfide) groups is 1. The van der Waals surface area contributed by atoms with Crippen molar-refractivity contribution in [2.75, 3.05) is 18.2 Å². The largest absolute Gasteiger partial charge is 0.497 e. The Kier molecular flexibility index (Phi) is 7.57. The maximum atomic E-state index is 12.3. The number of nitrogens with zero attached hydrogens (tertiary/aromatic N) is 3. The Morgan fingerprint density at radius 2 is 2.00 bits per heavy atom. The Morgan fingerprint density at radius 1 is 1.24 bits per heavy atom. The molecule has 9 heteroatoms. The van der Waals surface area contributed by atoms with Gasteiger partial charge in [-0.3, -0.25) is 4.79 Å². The number of ether oxygens (including phenoxy) is 1. The van der Waals surface area contributed by atoms with Gasteiger partial charge in [-0.15, -0.1) is 10.2 Å². The zero-order valence-electron chi connectivity index (χ0n) is 16.0. The molecule has 0 atom stereocenters. The van der Waals surface area contributed by atoms with Crippen LogP contribution in [0.25, 0.3) is 0 Å². The van der Waals surface area contributed by atoms with Crippen LogP contribution in [0.5, 0.6) is 5.75 Å². The second-order valence-corrected chi connectivity index (χ2v) is 8.39. The number of amides is 1. The number of nitrogens with one attached hydrogen (secondary N) is 1. The molecule has 3 aromatic rings. The molecule has 1 amide bonds. The maximum Gasteiger partial charge on any atom is 0.234 e. The van der Waals surface area contributed by atoms with E-state index in [9.17, 15) is 4.79 Å². The highest BCUT2D eigenvalue weighted by Crippen LogP contribution is 2.26. The number of aromatic nitrogens is 3. The van der Waals surface area contributed by atoms with Gasteiger partial charge in [0.2, 0.25) is 5.91 Å². The summed E-state index contributed by atoms with van der Waals surface area (Å²) in [5.74, 6) is 1.74. The minimum absolute atomic E-state index is 0.151. The van der Waals surface area contributed by atoms with Crippen LogP contribution in [0.2, 0.25) is 5.02 Å². The zero-order chi connectivity index (χ0) is 20.8. The fraction of sp³-hybridized carbons (Fsp3) is 0.250. The average molecular weight is 496 g/mol. The van der Waals surface area contributed by atoms with Gasteiger partial charge >= 0.3 is 0 Å². The minimum atomic E-state index is -0.151. The van der Waals surface area contributed by atoms with Crippen molar-refractivity contribution in [2.45, 2.75) is 25.0 Å². The van der Waals surface area contributed by atoms with Gasteiger partial charge in [-0.1, -0.05) is 51.4 Å². The third-order valence-electron chi connectivity index (χ3n) is 4.17. The fourth-order valence-electron chi connectivity index (χ4n) is 2.71. The molecule has 0 aliphatic heterocycles. The molecule has 0 aliphatic rings. The Hall–Kier alpha value is -2.03. The first-order valence-electron chi connectivity index (χ1n) is 8.93. The number of carbonyl (C=O) groups excluding carboxylic acids is 1. The van der Waals surface area contributed by atoms with Crippen LogP contribution in [0.15, 0.2) is 52.1 Å². The second-order valence-electron chi connectivity index (χ2n) is 6.13. The molecular formula is C20H20BrClN4O2S. The first-order valence-corrected chi connectivity index (χ1v) is 11.1. The number of anilines is 1. The number of hydrogen-bond acceptors (Lipinski definition) is 5. The van der Waals surface area contributed by atoms with E-state index in [0.717, 1.165) is 28.2 Å². The van der Waals surface area contributed by atoms with Crippen LogP contribution in [0.4, 0.5) is 5.69 Å². The molecule has 0 bridgehead atoms. The summed E-state index contributed by atoms with van der Waals surface area (Å²) in [6.07, 6.45) is 0.659. The van der Waals surface area contributed by atoms with E-state index in [2.05, 4.69) is 31.4 Å². The normalized spacial score (nSPS) is 10.8. The van der Waals surface area contributed by atoms with E-state index in [1.807, 2.05) is 41.8 Å². The summed E-state index contributed by atoms with van der Waals surface area (Å²) in [6, 6.07) is 13.2. The maximum absolute atomic E-state index is 12.3. The highest BCUT2D eigenvalue weighted by atomic mass is 79.9. The van der Waals surface area contributed by atoms with E-state index < -0.39 is 0 Å². The molecule has 0 fully saturated rings. The molecule has 0 radical (unpaired) electrons. The van der Waals surface area contributed by atoms with Crippen LogP contribution in [-0.2, 0) is 17.8 Å². The number of rotatable bonds is 8. The smallest absolute Gasteiger partial charge is 0.234 e. The van der Waals surface area contributed by atoms with Gasteiger partial charge in [0.15, 0.2) is 5.16 Å². The summed E-state index contributed by atoms with van der Waals surface area (Å²) in [4.78, 5) is 12.3.